The van der Waals surface area contributed by atoms with Crippen molar-refractivity contribution in [3.63, 3.8) is 0 Å². The van der Waals surface area contributed by atoms with Gasteiger partial charge >= 0.3 is 0 Å². The first-order valence-corrected chi connectivity index (χ1v) is 7.17. The van der Waals surface area contributed by atoms with E-state index in [1.807, 2.05) is 12.1 Å². The summed E-state index contributed by atoms with van der Waals surface area (Å²) in [5, 5.41) is 0.807. The molecule has 1 aliphatic heterocycles. The van der Waals surface area contributed by atoms with Crippen LogP contribution in [-0.2, 0) is 6.42 Å². The minimum absolute atomic E-state index is 0.146. The third-order valence-corrected chi connectivity index (χ3v) is 3.88. The third kappa shape index (κ3) is 1.89. The minimum atomic E-state index is -0.338. The molecular formula is C17H13FN2O2. The molecule has 22 heavy (non-hydrogen) atoms. The van der Waals surface area contributed by atoms with Crippen LogP contribution in [0, 0.1) is 5.82 Å². The van der Waals surface area contributed by atoms with Crippen molar-refractivity contribution < 1.29 is 9.13 Å². The predicted molar refractivity (Wildman–Crippen MR) is 81.1 cm³/mol. The summed E-state index contributed by atoms with van der Waals surface area (Å²) < 4.78 is 20.4. The van der Waals surface area contributed by atoms with E-state index in [9.17, 15) is 9.18 Å². The summed E-state index contributed by atoms with van der Waals surface area (Å²) in [6.45, 7) is 0.608. The molecule has 0 amide bonds. The molecule has 0 fully saturated rings. The van der Waals surface area contributed by atoms with Crippen LogP contribution in [-0.4, -0.2) is 16.2 Å². The molecule has 3 aromatic rings. The predicted octanol–water partition coefficient (Wildman–Crippen LogP) is 2.85. The van der Waals surface area contributed by atoms with Crippen LogP contribution in [0.2, 0.25) is 0 Å². The molecule has 1 aromatic carbocycles. The van der Waals surface area contributed by atoms with E-state index < -0.39 is 0 Å². The summed E-state index contributed by atoms with van der Waals surface area (Å²) in [7, 11) is 0. The van der Waals surface area contributed by atoms with Crippen LogP contribution in [0.3, 0.4) is 0 Å². The van der Waals surface area contributed by atoms with E-state index in [1.54, 1.807) is 18.3 Å². The van der Waals surface area contributed by atoms with Crippen LogP contribution in [0.15, 0.2) is 47.4 Å². The number of halogens is 1. The molecule has 0 unspecified atom stereocenters. The van der Waals surface area contributed by atoms with E-state index in [0.29, 0.717) is 35.7 Å². The van der Waals surface area contributed by atoms with E-state index in [1.165, 1.54) is 16.7 Å². The second kappa shape index (κ2) is 4.94. The van der Waals surface area contributed by atoms with Gasteiger partial charge in [0.05, 0.1) is 23.2 Å². The highest BCUT2D eigenvalue weighted by Crippen LogP contribution is 2.31. The van der Waals surface area contributed by atoms with E-state index in [4.69, 9.17) is 4.74 Å². The molecule has 0 saturated carbocycles. The highest BCUT2D eigenvalue weighted by molar-refractivity contribution is 5.85. The average Bonchev–Trinajstić information content (AvgIpc) is 2.57. The quantitative estimate of drug-likeness (QED) is 0.693. The van der Waals surface area contributed by atoms with Gasteiger partial charge in [-0.25, -0.2) is 9.37 Å². The number of ether oxygens (including phenoxy) is 1. The first kappa shape index (κ1) is 13.0. The van der Waals surface area contributed by atoms with Crippen LogP contribution in [0.4, 0.5) is 4.39 Å². The number of fused-ring (bicyclic) bond motifs is 3. The smallest absolute Gasteiger partial charge is 0.263 e. The minimum Gasteiger partial charge on any atom is -0.492 e. The molecule has 1 aliphatic rings. The van der Waals surface area contributed by atoms with Crippen molar-refractivity contribution in [3.8, 4) is 11.4 Å². The van der Waals surface area contributed by atoms with Crippen LogP contribution in [0.25, 0.3) is 16.7 Å². The van der Waals surface area contributed by atoms with Gasteiger partial charge in [-0.15, -0.1) is 0 Å². The molecule has 3 heterocycles. The van der Waals surface area contributed by atoms with E-state index in [-0.39, 0.29) is 11.4 Å². The van der Waals surface area contributed by atoms with Crippen molar-refractivity contribution in [1.29, 1.82) is 0 Å². The lowest BCUT2D eigenvalue weighted by Crippen LogP contribution is -2.27. The fourth-order valence-corrected chi connectivity index (χ4v) is 2.88. The second-order valence-corrected chi connectivity index (χ2v) is 5.25. The third-order valence-electron chi connectivity index (χ3n) is 3.88. The first-order chi connectivity index (χ1) is 10.8. The SMILES string of the molecule is O=c1c2c(c3cccnc3n1-c1ccc(F)cc1)OCCC2. The van der Waals surface area contributed by atoms with Gasteiger partial charge in [0.1, 0.15) is 11.6 Å². The summed E-state index contributed by atoms with van der Waals surface area (Å²) in [6.07, 6.45) is 3.13. The Hall–Kier alpha value is -2.69. The average molecular weight is 296 g/mol. The highest BCUT2D eigenvalue weighted by Gasteiger charge is 2.22. The number of nitrogens with zero attached hydrogens (tertiary/aromatic N) is 2. The van der Waals surface area contributed by atoms with Crippen LogP contribution in [0.5, 0.6) is 5.75 Å². The molecule has 0 bridgehead atoms. The van der Waals surface area contributed by atoms with Crippen molar-refractivity contribution in [1.82, 2.24) is 9.55 Å². The molecule has 0 saturated heterocycles. The molecule has 0 N–H and O–H groups in total. The molecule has 0 spiro atoms. The Labute approximate surface area is 125 Å². The Morgan fingerprint density at radius 2 is 2.00 bits per heavy atom. The molecule has 4 nitrogen and oxygen atoms in total. The van der Waals surface area contributed by atoms with Crippen molar-refractivity contribution in [3.05, 3.63) is 64.3 Å². The standard InChI is InChI=1S/C17H13FN2O2/c18-11-5-7-12(8-6-11)20-16-13(3-1-9-19-16)15-14(17(20)21)4-2-10-22-15/h1,3,5-9H,2,4,10H2. The normalized spacial score (nSPS) is 13.7. The van der Waals surface area contributed by atoms with Crippen molar-refractivity contribution in [2.45, 2.75) is 12.8 Å². The van der Waals surface area contributed by atoms with Gasteiger partial charge in [-0.05, 0) is 49.2 Å². The fraction of sp³-hybridized carbons (Fsp3) is 0.176. The number of benzene rings is 1. The van der Waals surface area contributed by atoms with Crippen LogP contribution < -0.4 is 10.3 Å². The van der Waals surface area contributed by atoms with Crippen LogP contribution in [0.1, 0.15) is 12.0 Å². The number of hydrogen-bond donors (Lipinski definition) is 0. The molecule has 0 atom stereocenters. The Kier molecular flexibility index (Phi) is 2.92. The monoisotopic (exact) mass is 296 g/mol. The summed E-state index contributed by atoms with van der Waals surface area (Å²) in [6, 6.07) is 9.56. The van der Waals surface area contributed by atoms with Gasteiger partial charge < -0.3 is 4.74 Å². The summed E-state index contributed by atoms with van der Waals surface area (Å²) in [5.74, 6) is 0.299. The van der Waals surface area contributed by atoms with Crippen molar-refractivity contribution in [2.75, 3.05) is 6.61 Å². The number of rotatable bonds is 1. The maximum atomic E-state index is 13.2. The topological polar surface area (TPSA) is 44.1 Å². The summed E-state index contributed by atoms with van der Waals surface area (Å²) >= 11 is 0. The van der Waals surface area contributed by atoms with Gasteiger partial charge in [-0.3, -0.25) is 9.36 Å². The first-order valence-electron chi connectivity index (χ1n) is 7.17. The van der Waals surface area contributed by atoms with Gasteiger partial charge in [-0.1, -0.05) is 0 Å². The maximum absolute atomic E-state index is 13.2. The number of aromatic nitrogens is 2. The van der Waals surface area contributed by atoms with Crippen molar-refractivity contribution >= 4 is 11.0 Å². The molecule has 110 valence electrons. The molecule has 4 rings (SSSR count). The molecule has 0 radical (unpaired) electrons. The summed E-state index contributed by atoms with van der Waals surface area (Å²) in [4.78, 5) is 17.2. The van der Waals surface area contributed by atoms with Gasteiger partial charge in [0, 0.05) is 6.20 Å². The Balaban J connectivity index is 2.12. The zero-order valence-electron chi connectivity index (χ0n) is 11.8. The van der Waals surface area contributed by atoms with Crippen molar-refractivity contribution in [2.24, 2.45) is 0 Å². The lowest BCUT2D eigenvalue weighted by atomic mass is 10.1. The fourth-order valence-electron chi connectivity index (χ4n) is 2.88. The molecule has 2 aromatic heterocycles. The lowest BCUT2D eigenvalue weighted by Gasteiger charge is -2.21. The Bertz CT molecular complexity index is 916. The number of hydrogen-bond acceptors (Lipinski definition) is 3. The molecule has 5 heteroatoms. The molecule has 0 aliphatic carbocycles. The second-order valence-electron chi connectivity index (χ2n) is 5.25. The highest BCUT2D eigenvalue weighted by atomic mass is 19.1. The van der Waals surface area contributed by atoms with E-state index in [2.05, 4.69) is 4.98 Å². The number of pyridine rings is 2. The zero-order chi connectivity index (χ0) is 15.1. The van der Waals surface area contributed by atoms with E-state index >= 15 is 0 Å². The Morgan fingerprint density at radius 1 is 1.18 bits per heavy atom. The maximum Gasteiger partial charge on any atom is 0.263 e. The largest absolute Gasteiger partial charge is 0.492 e. The van der Waals surface area contributed by atoms with Gasteiger partial charge in [0.25, 0.3) is 5.56 Å². The Morgan fingerprint density at radius 3 is 2.82 bits per heavy atom. The molecular weight excluding hydrogens is 283 g/mol. The summed E-state index contributed by atoms with van der Waals surface area (Å²) in [5.41, 5.74) is 1.65. The van der Waals surface area contributed by atoms with E-state index in [0.717, 1.165) is 11.8 Å². The van der Waals surface area contributed by atoms with Gasteiger partial charge in [0.2, 0.25) is 0 Å². The lowest BCUT2D eigenvalue weighted by molar-refractivity contribution is 0.290. The van der Waals surface area contributed by atoms with Gasteiger partial charge in [0.15, 0.2) is 5.65 Å². The zero-order valence-corrected chi connectivity index (χ0v) is 11.8. The van der Waals surface area contributed by atoms with Crippen LogP contribution >= 0.6 is 0 Å². The van der Waals surface area contributed by atoms with Gasteiger partial charge in [-0.2, -0.15) is 0 Å².